The summed E-state index contributed by atoms with van der Waals surface area (Å²) in [6.45, 7) is 0.666. The Morgan fingerprint density at radius 3 is 2.38 bits per heavy atom. The van der Waals surface area contributed by atoms with Crippen LogP contribution in [0.15, 0.2) is 0 Å². The molecule has 3 nitrogen and oxygen atoms in total. The van der Waals surface area contributed by atoms with E-state index in [1.807, 2.05) is 0 Å². The summed E-state index contributed by atoms with van der Waals surface area (Å²) in [5.74, 6) is 0.448. The van der Waals surface area contributed by atoms with E-state index in [-0.39, 0.29) is 0 Å². The SMILES string of the molecule is CNCCS(C)(=N)=O. The summed E-state index contributed by atoms with van der Waals surface area (Å²) in [7, 11) is -0.466. The zero-order valence-electron chi connectivity index (χ0n) is 5.23. The molecule has 0 amide bonds. The highest BCUT2D eigenvalue weighted by molar-refractivity contribution is 7.91. The maximum Gasteiger partial charge on any atom is 0.0437 e. The number of rotatable bonds is 3. The first-order chi connectivity index (χ1) is 3.56. The molecule has 0 spiro atoms. The van der Waals surface area contributed by atoms with Gasteiger partial charge < -0.3 is 5.32 Å². The lowest BCUT2D eigenvalue weighted by molar-refractivity contribution is 0.676. The monoisotopic (exact) mass is 136 g/mol. The van der Waals surface area contributed by atoms with E-state index in [4.69, 9.17) is 4.78 Å². The molecule has 0 aliphatic carbocycles. The van der Waals surface area contributed by atoms with Crippen molar-refractivity contribution in [2.45, 2.75) is 0 Å². The van der Waals surface area contributed by atoms with E-state index in [1.54, 1.807) is 7.05 Å². The molecule has 0 aliphatic heterocycles. The van der Waals surface area contributed by atoms with Gasteiger partial charge in [-0.15, -0.1) is 0 Å². The summed E-state index contributed by atoms with van der Waals surface area (Å²) in [5.41, 5.74) is 0. The van der Waals surface area contributed by atoms with Crippen molar-refractivity contribution in [1.29, 1.82) is 4.78 Å². The summed E-state index contributed by atoms with van der Waals surface area (Å²) < 4.78 is 17.5. The lowest BCUT2D eigenvalue weighted by Crippen LogP contribution is -2.17. The van der Waals surface area contributed by atoms with Gasteiger partial charge in [0.1, 0.15) is 0 Å². The third-order valence-electron chi connectivity index (χ3n) is 0.742. The molecule has 0 aliphatic rings. The zero-order chi connectivity index (χ0) is 6.62. The first-order valence-corrected chi connectivity index (χ1v) is 4.56. The van der Waals surface area contributed by atoms with Crippen molar-refractivity contribution >= 4 is 9.73 Å². The first kappa shape index (κ1) is 7.91. The average Bonchev–Trinajstić information content (AvgIpc) is 1.59. The molecule has 0 heterocycles. The Labute approximate surface area is 50.5 Å². The van der Waals surface area contributed by atoms with Crippen LogP contribution < -0.4 is 5.32 Å². The lowest BCUT2D eigenvalue weighted by atomic mass is 10.8. The molecule has 2 N–H and O–H groups in total. The number of hydrogen-bond donors (Lipinski definition) is 2. The van der Waals surface area contributed by atoms with Crippen molar-refractivity contribution in [3.8, 4) is 0 Å². The topological polar surface area (TPSA) is 53.0 Å². The quantitative estimate of drug-likeness (QED) is 0.568. The standard InChI is InChI=1S/C4H12N2OS/c1-6-3-4-8(2,5)7/h5-6H,3-4H2,1-2H3. The summed E-state index contributed by atoms with van der Waals surface area (Å²) >= 11 is 0. The first-order valence-electron chi connectivity index (χ1n) is 2.42. The maximum absolute atomic E-state index is 10.6. The summed E-state index contributed by atoms with van der Waals surface area (Å²) in [5, 5.41) is 2.83. The molecule has 1 unspecified atom stereocenters. The van der Waals surface area contributed by atoms with Crippen LogP contribution in [0, 0.1) is 4.78 Å². The van der Waals surface area contributed by atoms with Crippen molar-refractivity contribution < 1.29 is 4.21 Å². The Morgan fingerprint density at radius 2 is 2.25 bits per heavy atom. The van der Waals surface area contributed by atoms with E-state index in [0.29, 0.717) is 12.3 Å². The molecule has 50 valence electrons. The Morgan fingerprint density at radius 1 is 1.75 bits per heavy atom. The second-order valence-corrected chi connectivity index (χ2v) is 4.23. The van der Waals surface area contributed by atoms with E-state index in [1.165, 1.54) is 6.26 Å². The van der Waals surface area contributed by atoms with Crippen LogP contribution in [0.5, 0.6) is 0 Å². The molecule has 0 bridgehead atoms. The van der Waals surface area contributed by atoms with E-state index in [0.717, 1.165) is 0 Å². The van der Waals surface area contributed by atoms with Crippen LogP contribution in [0.2, 0.25) is 0 Å². The Balaban J connectivity index is 3.42. The van der Waals surface area contributed by atoms with Gasteiger partial charge in [-0.25, -0.2) is 0 Å². The smallest absolute Gasteiger partial charge is 0.0437 e. The maximum atomic E-state index is 10.6. The molecule has 8 heavy (non-hydrogen) atoms. The number of nitrogens with one attached hydrogen (secondary N) is 2. The Hall–Kier alpha value is -0.0900. The van der Waals surface area contributed by atoms with Crippen LogP contribution in [-0.2, 0) is 9.73 Å². The van der Waals surface area contributed by atoms with Crippen LogP contribution in [0.25, 0.3) is 0 Å². The second-order valence-electron chi connectivity index (χ2n) is 1.81. The molecule has 0 aromatic heterocycles. The molecule has 0 aromatic carbocycles. The molecule has 0 fully saturated rings. The third kappa shape index (κ3) is 5.91. The van der Waals surface area contributed by atoms with E-state index < -0.39 is 9.73 Å². The van der Waals surface area contributed by atoms with Gasteiger partial charge >= 0.3 is 0 Å². The van der Waals surface area contributed by atoms with Crippen LogP contribution in [-0.4, -0.2) is 29.8 Å². The Bertz CT molecular complexity index is 138. The van der Waals surface area contributed by atoms with Gasteiger partial charge in [-0.1, -0.05) is 0 Å². The fourth-order valence-electron chi connectivity index (χ4n) is 0.297. The van der Waals surface area contributed by atoms with Crippen molar-refractivity contribution in [2.75, 3.05) is 25.6 Å². The molecule has 0 rings (SSSR count). The predicted octanol–water partition coefficient (Wildman–Crippen LogP) is -0.118. The highest BCUT2D eigenvalue weighted by Crippen LogP contribution is 1.79. The van der Waals surface area contributed by atoms with E-state index >= 15 is 0 Å². The van der Waals surface area contributed by atoms with Gasteiger partial charge in [-0.3, -0.25) is 8.99 Å². The zero-order valence-corrected chi connectivity index (χ0v) is 6.05. The van der Waals surface area contributed by atoms with Crippen molar-refractivity contribution in [3.05, 3.63) is 0 Å². The molecular weight excluding hydrogens is 124 g/mol. The van der Waals surface area contributed by atoms with Crippen molar-refractivity contribution in [1.82, 2.24) is 5.32 Å². The van der Waals surface area contributed by atoms with Crippen LogP contribution in [0.1, 0.15) is 0 Å². The van der Waals surface area contributed by atoms with Crippen LogP contribution in [0.3, 0.4) is 0 Å². The largest absolute Gasteiger partial charge is 0.319 e. The lowest BCUT2D eigenvalue weighted by Gasteiger charge is -1.96. The van der Waals surface area contributed by atoms with Gasteiger partial charge in [0, 0.05) is 28.3 Å². The highest BCUT2D eigenvalue weighted by Gasteiger charge is 1.92. The summed E-state index contributed by atoms with van der Waals surface area (Å²) in [6, 6.07) is 0. The predicted molar refractivity (Wildman–Crippen MR) is 35.6 cm³/mol. The molecular formula is C4H12N2OS. The summed E-state index contributed by atoms with van der Waals surface area (Å²) in [6.07, 6.45) is 1.45. The van der Waals surface area contributed by atoms with Gasteiger partial charge in [0.25, 0.3) is 0 Å². The number of hydrogen-bond acceptors (Lipinski definition) is 3. The minimum Gasteiger partial charge on any atom is -0.319 e. The van der Waals surface area contributed by atoms with Gasteiger partial charge in [0.2, 0.25) is 0 Å². The van der Waals surface area contributed by atoms with Crippen LogP contribution in [0.4, 0.5) is 0 Å². The molecule has 0 saturated carbocycles. The van der Waals surface area contributed by atoms with E-state index in [2.05, 4.69) is 5.32 Å². The molecule has 1 atom stereocenters. The molecule has 0 saturated heterocycles. The minimum absolute atomic E-state index is 0.448. The van der Waals surface area contributed by atoms with Crippen molar-refractivity contribution in [2.24, 2.45) is 0 Å². The second kappa shape index (κ2) is 3.04. The van der Waals surface area contributed by atoms with Crippen molar-refractivity contribution in [3.63, 3.8) is 0 Å². The fourth-order valence-corrected chi connectivity index (χ4v) is 0.890. The van der Waals surface area contributed by atoms with Gasteiger partial charge in [-0.2, -0.15) is 0 Å². The van der Waals surface area contributed by atoms with Gasteiger partial charge in [-0.05, 0) is 7.05 Å². The minimum atomic E-state index is -2.25. The Kier molecular flexibility index (Phi) is 3.01. The molecule has 0 aromatic rings. The van der Waals surface area contributed by atoms with E-state index in [9.17, 15) is 4.21 Å². The highest BCUT2D eigenvalue weighted by atomic mass is 32.2. The van der Waals surface area contributed by atoms with Gasteiger partial charge in [0.15, 0.2) is 0 Å². The fraction of sp³-hybridized carbons (Fsp3) is 1.00. The van der Waals surface area contributed by atoms with Crippen LogP contribution >= 0.6 is 0 Å². The average molecular weight is 136 g/mol. The normalized spacial score (nSPS) is 17.8. The van der Waals surface area contributed by atoms with Gasteiger partial charge in [0.05, 0.1) is 0 Å². The molecule has 4 heteroatoms. The third-order valence-corrected chi connectivity index (χ3v) is 1.72. The summed E-state index contributed by atoms with van der Waals surface area (Å²) in [4.78, 5) is 0. The molecule has 0 radical (unpaired) electrons.